The monoisotopic (exact) mass is 228 g/mol. The Labute approximate surface area is 95.9 Å². The molecule has 0 radical (unpaired) electrons. The summed E-state index contributed by atoms with van der Waals surface area (Å²) in [6.45, 7) is 7.11. The van der Waals surface area contributed by atoms with Crippen molar-refractivity contribution in [1.29, 1.82) is 0 Å². The minimum absolute atomic E-state index is 0.498. The molecule has 1 rings (SSSR count). The maximum atomic E-state index is 5.03. The molecule has 0 saturated carbocycles. The van der Waals surface area contributed by atoms with E-state index in [1.165, 1.54) is 10.7 Å². The molecule has 1 heterocycles. The highest BCUT2D eigenvalue weighted by atomic mass is 32.1. The van der Waals surface area contributed by atoms with Crippen LogP contribution in [0.5, 0.6) is 0 Å². The van der Waals surface area contributed by atoms with Gasteiger partial charge in [0.1, 0.15) is 0 Å². The molecule has 1 aromatic heterocycles. The molecule has 0 spiro atoms. The summed E-state index contributed by atoms with van der Waals surface area (Å²) in [5, 5.41) is 6.67. The summed E-state index contributed by atoms with van der Waals surface area (Å²) in [5.74, 6) is 0.498. The summed E-state index contributed by atoms with van der Waals surface area (Å²) in [5.41, 5.74) is 1.20. The molecule has 1 atom stereocenters. The Morgan fingerprint density at radius 2 is 2.40 bits per heavy atom. The van der Waals surface area contributed by atoms with Gasteiger partial charge in [0.15, 0.2) is 0 Å². The van der Waals surface area contributed by atoms with Crippen molar-refractivity contribution in [2.45, 2.75) is 26.2 Å². The number of ether oxygens (including phenoxy) is 1. The summed E-state index contributed by atoms with van der Waals surface area (Å²) < 4.78 is 5.03. The lowest BCUT2D eigenvalue weighted by Gasteiger charge is -2.08. The van der Waals surface area contributed by atoms with Gasteiger partial charge in [-0.1, -0.05) is 13.8 Å². The zero-order valence-corrected chi connectivity index (χ0v) is 10.6. The molecule has 0 aliphatic heterocycles. The maximum Gasteiger partial charge on any atom is 0.0951 e. The van der Waals surface area contributed by atoms with E-state index in [0.717, 1.165) is 26.1 Å². The van der Waals surface area contributed by atoms with Gasteiger partial charge in [0.25, 0.3) is 0 Å². The average Bonchev–Trinajstić information content (AvgIpc) is 2.71. The largest absolute Gasteiger partial charge is 0.384 e. The van der Waals surface area contributed by atoms with Gasteiger partial charge in [-0.3, -0.25) is 0 Å². The van der Waals surface area contributed by atoms with Crippen molar-refractivity contribution >= 4 is 11.3 Å². The molecule has 15 heavy (non-hydrogen) atoms. The van der Waals surface area contributed by atoms with Crippen LogP contribution in [0, 0.1) is 0 Å². The molecule has 0 saturated heterocycles. The van der Waals surface area contributed by atoms with Gasteiger partial charge >= 0.3 is 0 Å². The molecule has 86 valence electrons. The lowest BCUT2D eigenvalue weighted by atomic mass is 10.1. The Bertz CT molecular complexity index is 275. The van der Waals surface area contributed by atoms with Crippen LogP contribution < -0.4 is 5.32 Å². The molecule has 0 aromatic carbocycles. The summed E-state index contributed by atoms with van der Waals surface area (Å²) in [4.78, 5) is 4.60. The number of nitrogens with one attached hydrogen (secondary N) is 1. The SMILES string of the molecule is CCNCC(C)c1csc(CCOC)n1. The van der Waals surface area contributed by atoms with Crippen LogP contribution in [-0.4, -0.2) is 31.8 Å². The van der Waals surface area contributed by atoms with E-state index in [4.69, 9.17) is 4.74 Å². The highest BCUT2D eigenvalue weighted by Crippen LogP contribution is 2.18. The lowest BCUT2D eigenvalue weighted by molar-refractivity contribution is 0.202. The molecule has 1 N–H and O–H groups in total. The fourth-order valence-corrected chi connectivity index (χ4v) is 2.22. The van der Waals surface area contributed by atoms with Crippen LogP contribution in [0.4, 0.5) is 0 Å². The van der Waals surface area contributed by atoms with Crippen molar-refractivity contribution in [3.05, 3.63) is 16.1 Å². The van der Waals surface area contributed by atoms with Crippen LogP contribution >= 0.6 is 11.3 Å². The molecular weight excluding hydrogens is 208 g/mol. The molecule has 1 aromatic rings. The molecule has 0 amide bonds. The lowest BCUT2D eigenvalue weighted by Crippen LogP contribution is -2.19. The normalized spacial score (nSPS) is 13.0. The van der Waals surface area contributed by atoms with Gasteiger partial charge in [-0.15, -0.1) is 11.3 Å². The van der Waals surface area contributed by atoms with Gasteiger partial charge in [0.05, 0.1) is 17.3 Å². The van der Waals surface area contributed by atoms with E-state index in [0.29, 0.717) is 5.92 Å². The standard InChI is InChI=1S/C11H20N2OS/c1-4-12-7-9(2)10-8-15-11(13-10)5-6-14-3/h8-9,12H,4-7H2,1-3H3. The summed E-state index contributed by atoms with van der Waals surface area (Å²) in [7, 11) is 1.72. The molecule has 3 nitrogen and oxygen atoms in total. The van der Waals surface area contributed by atoms with E-state index in [2.05, 4.69) is 29.5 Å². The first kappa shape index (κ1) is 12.6. The molecule has 0 bridgehead atoms. The summed E-state index contributed by atoms with van der Waals surface area (Å²) in [6, 6.07) is 0. The number of rotatable bonds is 7. The topological polar surface area (TPSA) is 34.1 Å². The summed E-state index contributed by atoms with van der Waals surface area (Å²) >= 11 is 1.73. The number of thiazole rings is 1. The number of likely N-dealkylation sites (N-methyl/N-ethyl adjacent to an activating group) is 1. The third kappa shape index (κ3) is 4.28. The molecule has 1 unspecified atom stereocenters. The van der Waals surface area contributed by atoms with Gasteiger partial charge < -0.3 is 10.1 Å². The van der Waals surface area contributed by atoms with Crippen molar-refractivity contribution in [3.8, 4) is 0 Å². The molecular formula is C11H20N2OS. The van der Waals surface area contributed by atoms with Crippen LogP contribution in [0.15, 0.2) is 5.38 Å². The van der Waals surface area contributed by atoms with E-state index < -0.39 is 0 Å². The van der Waals surface area contributed by atoms with Crippen molar-refractivity contribution in [1.82, 2.24) is 10.3 Å². The van der Waals surface area contributed by atoms with Crippen molar-refractivity contribution in [3.63, 3.8) is 0 Å². The Morgan fingerprint density at radius 3 is 3.07 bits per heavy atom. The van der Waals surface area contributed by atoms with Gasteiger partial charge in [-0.2, -0.15) is 0 Å². The number of methoxy groups -OCH3 is 1. The van der Waals surface area contributed by atoms with E-state index in [-0.39, 0.29) is 0 Å². The van der Waals surface area contributed by atoms with Gasteiger partial charge in [-0.05, 0) is 6.54 Å². The predicted octanol–water partition coefficient (Wildman–Crippen LogP) is 2.04. The fraction of sp³-hybridized carbons (Fsp3) is 0.727. The Kier molecular flexibility index (Phi) is 5.83. The zero-order chi connectivity index (χ0) is 11.1. The second kappa shape index (κ2) is 6.93. The minimum Gasteiger partial charge on any atom is -0.384 e. The first-order valence-corrected chi connectivity index (χ1v) is 6.29. The fourth-order valence-electron chi connectivity index (χ4n) is 1.32. The average molecular weight is 228 g/mol. The number of aromatic nitrogens is 1. The minimum atomic E-state index is 0.498. The van der Waals surface area contributed by atoms with E-state index in [9.17, 15) is 0 Å². The van der Waals surface area contributed by atoms with Crippen LogP contribution in [0.1, 0.15) is 30.5 Å². The molecule has 0 fully saturated rings. The van der Waals surface area contributed by atoms with Gasteiger partial charge in [-0.25, -0.2) is 4.98 Å². The predicted molar refractivity (Wildman–Crippen MR) is 64.7 cm³/mol. The number of hydrogen-bond acceptors (Lipinski definition) is 4. The van der Waals surface area contributed by atoms with Crippen molar-refractivity contribution in [2.24, 2.45) is 0 Å². The maximum absolute atomic E-state index is 5.03. The van der Waals surface area contributed by atoms with Crippen molar-refractivity contribution in [2.75, 3.05) is 26.8 Å². The number of hydrogen-bond donors (Lipinski definition) is 1. The van der Waals surface area contributed by atoms with Crippen LogP contribution in [0.3, 0.4) is 0 Å². The highest BCUT2D eigenvalue weighted by Gasteiger charge is 2.09. The number of nitrogens with zero attached hydrogens (tertiary/aromatic N) is 1. The first-order chi connectivity index (χ1) is 7.27. The molecule has 0 aliphatic carbocycles. The van der Waals surface area contributed by atoms with E-state index in [1.807, 2.05) is 0 Å². The quantitative estimate of drug-likeness (QED) is 0.775. The van der Waals surface area contributed by atoms with Crippen molar-refractivity contribution < 1.29 is 4.74 Å². The van der Waals surface area contributed by atoms with Gasteiger partial charge in [0.2, 0.25) is 0 Å². The highest BCUT2D eigenvalue weighted by molar-refractivity contribution is 7.09. The van der Waals surface area contributed by atoms with Gasteiger partial charge in [0, 0.05) is 31.4 Å². The third-order valence-corrected chi connectivity index (χ3v) is 3.22. The van der Waals surface area contributed by atoms with Crippen LogP contribution in [-0.2, 0) is 11.2 Å². The first-order valence-electron chi connectivity index (χ1n) is 5.41. The summed E-state index contributed by atoms with van der Waals surface area (Å²) in [6.07, 6.45) is 0.926. The van der Waals surface area contributed by atoms with Crippen LogP contribution in [0.2, 0.25) is 0 Å². The molecule has 0 aliphatic rings. The second-order valence-electron chi connectivity index (χ2n) is 3.62. The van der Waals surface area contributed by atoms with Crippen LogP contribution in [0.25, 0.3) is 0 Å². The smallest absolute Gasteiger partial charge is 0.0951 e. The Balaban J connectivity index is 2.43. The Hall–Kier alpha value is -0.450. The second-order valence-corrected chi connectivity index (χ2v) is 4.56. The van der Waals surface area contributed by atoms with E-state index in [1.54, 1.807) is 18.4 Å². The van der Waals surface area contributed by atoms with E-state index >= 15 is 0 Å². The molecule has 4 heteroatoms. The Morgan fingerprint density at radius 1 is 1.60 bits per heavy atom. The zero-order valence-electron chi connectivity index (χ0n) is 9.75. The third-order valence-electron chi connectivity index (χ3n) is 2.29.